The van der Waals surface area contributed by atoms with Gasteiger partial charge in [0.15, 0.2) is 0 Å². The second-order valence-corrected chi connectivity index (χ2v) is 2.50. The molecule has 2 atom stereocenters. The van der Waals surface area contributed by atoms with Crippen molar-refractivity contribution in [1.82, 2.24) is 5.32 Å². The molecule has 0 radical (unpaired) electrons. The molecule has 1 amide bonds. The van der Waals surface area contributed by atoms with Crippen molar-refractivity contribution < 1.29 is 9.18 Å². The van der Waals surface area contributed by atoms with Gasteiger partial charge in [0.2, 0.25) is 5.91 Å². The fraction of sp³-hybridized carbons (Fsp3) is 0.833. The van der Waals surface area contributed by atoms with Gasteiger partial charge in [0, 0.05) is 5.92 Å². The summed E-state index contributed by atoms with van der Waals surface area (Å²) in [5.74, 6) is -0.0107. The maximum absolute atomic E-state index is 11.8. The van der Waals surface area contributed by atoms with Crippen LogP contribution in [0, 0.1) is 5.92 Å². The lowest BCUT2D eigenvalue weighted by atomic mass is 10.1. The minimum absolute atomic E-state index is 0.00532. The Labute approximate surface area is 53.4 Å². The molecule has 0 spiro atoms. The quantitative estimate of drug-likeness (QED) is 0.551. The lowest BCUT2D eigenvalue weighted by Crippen LogP contribution is -2.27. The van der Waals surface area contributed by atoms with Gasteiger partial charge in [0.05, 0.1) is 6.04 Å². The monoisotopic (exact) mass is 131 g/mol. The highest BCUT2D eigenvalue weighted by atomic mass is 19.1. The molecule has 52 valence electrons. The Hall–Kier alpha value is -0.600. The zero-order valence-corrected chi connectivity index (χ0v) is 5.36. The summed E-state index contributed by atoms with van der Waals surface area (Å²) in [6.45, 7) is 1.38. The van der Waals surface area contributed by atoms with Gasteiger partial charge in [-0.15, -0.1) is 0 Å². The van der Waals surface area contributed by atoms with Crippen molar-refractivity contribution in [2.75, 3.05) is 6.67 Å². The normalized spacial score (nSPS) is 34.7. The molecule has 0 aromatic heterocycles. The van der Waals surface area contributed by atoms with Gasteiger partial charge in [0.1, 0.15) is 6.67 Å². The molecule has 1 rings (SSSR count). The van der Waals surface area contributed by atoms with E-state index >= 15 is 0 Å². The molecule has 2 nitrogen and oxygen atoms in total. The van der Waals surface area contributed by atoms with E-state index in [0.29, 0.717) is 6.42 Å². The molecule has 0 aromatic rings. The van der Waals surface area contributed by atoms with Crippen LogP contribution in [-0.2, 0) is 4.79 Å². The first-order chi connectivity index (χ1) is 4.24. The van der Waals surface area contributed by atoms with Crippen LogP contribution in [0.1, 0.15) is 13.3 Å². The minimum Gasteiger partial charge on any atom is -0.350 e. The van der Waals surface area contributed by atoms with Gasteiger partial charge in [-0.05, 0) is 6.42 Å². The number of alkyl halides is 1. The number of halogens is 1. The molecule has 0 aromatic carbocycles. The van der Waals surface area contributed by atoms with Crippen LogP contribution in [0.15, 0.2) is 0 Å². The van der Waals surface area contributed by atoms with Gasteiger partial charge in [-0.25, -0.2) is 4.39 Å². The van der Waals surface area contributed by atoms with E-state index in [0.717, 1.165) is 0 Å². The molecule has 0 unspecified atom stereocenters. The minimum atomic E-state index is -0.434. The Morgan fingerprint density at radius 1 is 1.89 bits per heavy atom. The summed E-state index contributed by atoms with van der Waals surface area (Å²) in [6, 6.07) is -0.215. The van der Waals surface area contributed by atoms with E-state index in [1.54, 1.807) is 0 Å². The van der Waals surface area contributed by atoms with E-state index in [-0.39, 0.29) is 17.9 Å². The van der Waals surface area contributed by atoms with Gasteiger partial charge in [-0.2, -0.15) is 0 Å². The fourth-order valence-corrected chi connectivity index (χ4v) is 1.04. The Bertz CT molecular complexity index is 126. The maximum Gasteiger partial charge on any atom is 0.223 e. The molecule has 1 N–H and O–H groups in total. The smallest absolute Gasteiger partial charge is 0.223 e. The predicted octanol–water partition coefficient (Wildman–Crippen LogP) is 0.480. The molecule has 3 heteroatoms. The lowest BCUT2D eigenvalue weighted by molar-refractivity contribution is -0.122. The molecule has 0 bridgehead atoms. The first kappa shape index (κ1) is 6.52. The zero-order chi connectivity index (χ0) is 6.85. The Morgan fingerprint density at radius 2 is 2.56 bits per heavy atom. The molecule has 1 aliphatic rings. The topological polar surface area (TPSA) is 29.1 Å². The number of carbonyl (C=O) groups is 1. The zero-order valence-electron chi connectivity index (χ0n) is 5.36. The molecule has 1 heterocycles. The predicted molar refractivity (Wildman–Crippen MR) is 31.7 cm³/mol. The molecule has 1 aliphatic heterocycles. The SMILES string of the molecule is C[C@@H]1C[C@H](CF)NC1=O. The van der Waals surface area contributed by atoms with Gasteiger partial charge in [-0.1, -0.05) is 6.92 Å². The number of hydrogen-bond acceptors (Lipinski definition) is 1. The van der Waals surface area contributed by atoms with E-state index in [1.807, 2.05) is 6.92 Å². The third-order valence-corrected chi connectivity index (χ3v) is 1.62. The molecule has 1 fully saturated rings. The average molecular weight is 131 g/mol. The van der Waals surface area contributed by atoms with Crippen LogP contribution in [0.25, 0.3) is 0 Å². The van der Waals surface area contributed by atoms with E-state index in [2.05, 4.69) is 5.32 Å². The van der Waals surface area contributed by atoms with Gasteiger partial charge in [0.25, 0.3) is 0 Å². The van der Waals surface area contributed by atoms with Crippen molar-refractivity contribution in [2.45, 2.75) is 19.4 Å². The maximum atomic E-state index is 11.8. The first-order valence-electron chi connectivity index (χ1n) is 3.10. The van der Waals surface area contributed by atoms with Crippen LogP contribution in [-0.4, -0.2) is 18.6 Å². The Morgan fingerprint density at radius 3 is 2.78 bits per heavy atom. The molecular formula is C6H10FNO. The summed E-state index contributed by atoms with van der Waals surface area (Å²) in [5.41, 5.74) is 0. The Balaban J connectivity index is 2.44. The van der Waals surface area contributed by atoms with Gasteiger partial charge >= 0.3 is 0 Å². The van der Waals surface area contributed by atoms with Crippen molar-refractivity contribution in [3.63, 3.8) is 0 Å². The number of carbonyl (C=O) groups excluding carboxylic acids is 1. The van der Waals surface area contributed by atoms with E-state index in [4.69, 9.17) is 0 Å². The fourth-order valence-electron chi connectivity index (χ4n) is 1.04. The van der Waals surface area contributed by atoms with Crippen molar-refractivity contribution in [1.29, 1.82) is 0 Å². The van der Waals surface area contributed by atoms with E-state index in [9.17, 15) is 9.18 Å². The van der Waals surface area contributed by atoms with Gasteiger partial charge in [-0.3, -0.25) is 4.79 Å². The van der Waals surface area contributed by atoms with Crippen LogP contribution in [0.4, 0.5) is 4.39 Å². The summed E-state index contributed by atoms with van der Waals surface area (Å²) < 4.78 is 11.8. The standard InChI is InChI=1S/C6H10FNO/c1-4-2-5(3-7)8-6(4)9/h4-5H,2-3H2,1H3,(H,8,9)/t4-,5-/m1/s1. The van der Waals surface area contributed by atoms with Crippen LogP contribution >= 0.6 is 0 Å². The number of amides is 1. The summed E-state index contributed by atoms with van der Waals surface area (Å²) in [7, 11) is 0. The lowest BCUT2D eigenvalue weighted by Gasteiger charge is -1.99. The summed E-state index contributed by atoms with van der Waals surface area (Å²) >= 11 is 0. The molecule has 0 saturated carbocycles. The van der Waals surface area contributed by atoms with Crippen molar-refractivity contribution in [3.05, 3.63) is 0 Å². The van der Waals surface area contributed by atoms with E-state index in [1.165, 1.54) is 0 Å². The second-order valence-electron chi connectivity index (χ2n) is 2.50. The van der Waals surface area contributed by atoms with Crippen molar-refractivity contribution >= 4 is 5.91 Å². The average Bonchev–Trinajstić information content (AvgIpc) is 2.13. The number of rotatable bonds is 1. The highest BCUT2D eigenvalue weighted by Crippen LogP contribution is 2.13. The third-order valence-electron chi connectivity index (χ3n) is 1.62. The largest absolute Gasteiger partial charge is 0.350 e. The highest BCUT2D eigenvalue weighted by molar-refractivity contribution is 5.80. The first-order valence-corrected chi connectivity index (χ1v) is 3.10. The molecular weight excluding hydrogens is 121 g/mol. The van der Waals surface area contributed by atoms with Crippen molar-refractivity contribution in [2.24, 2.45) is 5.92 Å². The van der Waals surface area contributed by atoms with Crippen LogP contribution in [0.3, 0.4) is 0 Å². The second kappa shape index (κ2) is 2.33. The van der Waals surface area contributed by atoms with E-state index < -0.39 is 6.67 Å². The molecule has 0 aliphatic carbocycles. The Kier molecular flexibility index (Phi) is 1.69. The highest BCUT2D eigenvalue weighted by Gasteiger charge is 2.27. The number of hydrogen-bond donors (Lipinski definition) is 1. The third kappa shape index (κ3) is 1.20. The van der Waals surface area contributed by atoms with Crippen LogP contribution in [0.2, 0.25) is 0 Å². The molecule has 9 heavy (non-hydrogen) atoms. The number of nitrogens with one attached hydrogen (secondary N) is 1. The summed E-state index contributed by atoms with van der Waals surface area (Å²) in [6.07, 6.45) is 0.648. The van der Waals surface area contributed by atoms with Crippen LogP contribution < -0.4 is 5.32 Å². The summed E-state index contributed by atoms with van der Waals surface area (Å²) in [4.78, 5) is 10.7. The van der Waals surface area contributed by atoms with Gasteiger partial charge < -0.3 is 5.32 Å². The van der Waals surface area contributed by atoms with Crippen molar-refractivity contribution in [3.8, 4) is 0 Å². The summed E-state index contributed by atoms with van der Waals surface area (Å²) in [5, 5.41) is 2.54. The van der Waals surface area contributed by atoms with Crippen LogP contribution in [0.5, 0.6) is 0 Å². The molecule has 1 saturated heterocycles.